The number of hydrogen-bond acceptors (Lipinski definition) is 12. The van der Waals surface area contributed by atoms with Crippen molar-refractivity contribution in [3.8, 4) is 0 Å². The molecule has 0 spiro atoms. The number of rotatable bonds is 18. The number of hydrogen-bond donors (Lipinski definition) is 3. The number of aliphatic hydroxyl groups is 1. The van der Waals surface area contributed by atoms with Gasteiger partial charge in [-0.25, -0.2) is 19.0 Å². The van der Waals surface area contributed by atoms with Gasteiger partial charge in [-0.1, -0.05) is 99.2 Å². The molecule has 8 aliphatic carbocycles. The van der Waals surface area contributed by atoms with Crippen LogP contribution < -0.4 is 11.1 Å². The number of halogens is 2. The minimum Gasteiger partial charge on any atom is -0.393 e. The number of aliphatic hydroxyl groups excluding tert-OH is 1. The second-order valence-electron chi connectivity index (χ2n) is 33.0. The second-order valence-corrected chi connectivity index (χ2v) is 33.0. The Bertz CT molecular complexity index is 4840. The standard InChI is InChI=1S/C44H51FN4O5.C44H49FN4O5/c2*1-44-26-29(41-31-15-13-30(50)25-28(31)12-14-34(41)36(44)16-18-39(44)51)7-3-2-4-10-40(52)48-19-21-49(22-20-48)43(54)35-23-27(11-17-37(35)45)24-38-32-8-5-6-9-33(32)42(53)47-46-38/h5-6,8-9,11,17,23,25,29,34,36,39,51H,2-4,7,10,12-16,18-22,24,26H2,1H3,(H,47,53);5-6,8-9,11,17,23,25,29,34,36H,2-4,7,10,12-16,18-22,24,26H2,1H3,(H,47,53)/t29-,34-,36-,39-,44-;29-,34-,36-,44-/m00/s1. The van der Waals surface area contributed by atoms with E-state index in [4.69, 9.17) is 0 Å². The van der Waals surface area contributed by atoms with E-state index in [0.29, 0.717) is 183 Å². The number of ketones is 3. The molecule has 6 aromatic rings. The van der Waals surface area contributed by atoms with E-state index in [0.717, 1.165) is 122 Å². The van der Waals surface area contributed by atoms with Crippen LogP contribution in [0.1, 0.15) is 211 Å². The van der Waals surface area contributed by atoms with Crippen molar-refractivity contribution in [1.82, 2.24) is 40.0 Å². The SMILES string of the molecule is C[C@]12C[C@H](CCCCCC(=O)N3CCN(C(=O)c4cc(Cc5n[nH]c(=O)c6ccccc56)ccc4F)CC3)C3=C4CCC(=O)C=C4CC[C@H]3[C@@H]1CCC2=O.C[C@]12C[C@H](CCCCCC(=O)N3CCN(C(=O)c4cc(Cc5n[nH]c(=O)c6ccccc56)ccc4F)CC3)C3=C4CCC(=O)C=C4CC[C@H]3[C@@H]1CC[C@@H]2O. The van der Waals surface area contributed by atoms with Gasteiger partial charge in [0.2, 0.25) is 11.8 Å². The highest BCUT2D eigenvalue weighted by atomic mass is 19.1. The third-order valence-corrected chi connectivity index (χ3v) is 26.9. The summed E-state index contributed by atoms with van der Waals surface area (Å²) in [7, 11) is 0. The Labute approximate surface area is 628 Å². The first-order valence-electron chi connectivity index (χ1n) is 40.0. The number of amides is 4. The van der Waals surface area contributed by atoms with Crippen LogP contribution in [0.2, 0.25) is 0 Å². The van der Waals surface area contributed by atoms with Crippen molar-refractivity contribution in [3.05, 3.63) is 197 Å². The van der Waals surface area contributed by atoms with Crippen LogP contribution in [-0.2, 0) is 36.8 Å². The maximum Gasteiger partial charge on any atom is 0.272 e. The Balaban J connectivity index is 0.000000172. The molecule has 9 atom stereocenters. The van der Waals surface area contributed by atoms with Crippen LogP contribution in [0, 0.1) is 58.0 Å². The van der Waals surface area contributed by atoms with Crippen LogP contribution in [0.4, 0.5) is 8.78 Å². The van der Waals surface area contributed by atoms with Gasteiger partial charge in [-0.05, 0) is 219 Å². The van der Waals surface area contributed by atoms with Crippen molar-refractivity contribution in [2.24, 2.45) is 46.3 Å². The van der Waals surface area contributed by atoms with Gasteiger partial charge in [0.05, 0.1) is 39.4 Å². The summed E-state index contributed by atoms with van der Waals surface area (Å²) in [4.78, 5) is 122. The van der Waals surface area contributed by atoms with E-state index in [2.05, 4.69) is 34.2 Å². The number of allylic oxidation sites excluding steroid dienone is 8. The van der Waals surface area contributed by atoms with Gasteiger partial charge in [-0.2, -0.15) is 10.2 Å². The quantitative estimate of drug-likeness (QED) is 0.0680. The molecule has 566 valence electrons. The molecular formula is C88H100F2N8O10. The van der Waals surface area contributed by atoms with Gasteiger partial charge in [0.15, 0.2) is 11.6 Å². The Morgan fingerprint density at radius 3 is 1.42 bits per heavy atom. The summed E-state index contributed by atoms with van der Waals surface area (Å²) in [5, 5.41) is 27.1. The number of aromatic nitrogens is 4. The summed E-state index contributed by atoms with van der Waals surface area (Å²) in [6.07, 6.45) is 25.2. The summed E-state index contributed by atoms with van der Waals surface area (Å²) in [6, 6.07) is 23.4. The molecular weight excluding hydrogens is 1370 g/mol. The number of carbonyl (C=O) groups excluding carboxylic acids is 7. The summed E-state index contributed by atoms with van der Waals surface area (Å²) >= 11 is 0. The fraction of sp³-hybridized carbons (Fsp3) is 0.511. The van der Waals surface area contributed by atoms with Crippen molar-refractivity contribution in [3.63, 3.8) is 0 Å². The minimum atomic E-state index is -0.597. The summed E-state index contributed by atoms with van der Waals surface area (Å²) < 4.78 is 30.0. The van der Waals surface area contributed by atoms with Gasteiger partial charge in [0, 0.05) is 113 Å². The normalized spacial score (nSPS) is 26.0. The predicted octanol–water partition coefficient (Wildman–Crippen LogP) is 13.6. The highest BCUT2D eigenvalue weighted by Gasteiger charge is 2.58. The molecule has 4 heterocycles. The average Bonchev–Trinajstić information content (AvgIpc) is 1.48. The van der Waals surface area contributed by atoms with Gasteiger partial charge >= 0.3 is 0 Å². The smallest absolute Gasteiger partial charge is 0.272 e. The lowest BCUT2D eigenvalue weighted by Crippen LogP contribution is -2.50. The molecule has 2 aliphatic heterocycles. The third-order valence-electron chi connectivity index (χ3n) is 26.9. The molecule has 4 saturated carbocycles. The van der Waals surface area contributed by atoms with Gasteiger partial charge in [0.1, 0.15) is 17.4 Å². The summed E-state index contributed by atoms with van der Waals surface area (Å²) in [6.45, 7) is 7.53. The molecule has 3 N–H and O–H groups in total. The maximum atomic E-state index is 15.0. The van der Waals surface area contributed by atoms with Crippen LogP contribution in [0.5, 0.6) is 0 Å². The van der Waals surface area contributed by atoms with E-state index in [9.17, 15) is 48.3 Å². The van der Waals surface area contributed by atoms with E-state index >= 15 is 8.78 Å². The molecule has 4 aromatic carbocycles. The van der Waals surface area contributed by atoms with Crippen molar-refractivity contribution >= 4 is 62.5 Å². The molecule has 0 radical (unpaired) electrons. The summed E-state index contributed by atoms with van der Waals surface area (Å²) in [5.74, 6) is 1.81. The minimum absolute atomic E-state index is 0.00809. The van der Waals surface area contributed by atoms with Gasteiger partial charge < -0.3 is 24.7 Å². The van der Waals surface area contributed by atoms with E-state index in [1.165, 1.54) is 34.4 Å². The zero-order chi connectivity index (χ0) is 75.1. The molecule has 20 heteroatoms. The van der Waals surface area contributed by atoms with E-state index < -0.39 is 23.4 Å². The molecule has 18 nitrogen and oxygen atoms in total. The van der Waals surface area contributed by atoms with Gasteiger partial charge in [-0.3, -0.25) is 43.2 Å². The van der Waals surface area contributed by atoms with Gasteiger partial charge in [0.25, 0.3) is 22.9 Å². The van der Waals surface area contributed by atoms with Crippen LogP contribution in [0.3, 0.4) is 0 Å². The second kappa shape index (κ2) is 31.4. The van der Waals surface area contributed by atoms with Crippen LogP contribution in [0.15, 0.2) is 140 Å². The highest BCUT2D eigenvalue weighted by Crippen LogP contribution is 2.64. The molecule has 4 amide bonds. The van der Waals surface area contributed by atoms with Crippen LogP contribution >= 0.6 is 0 Å². The number of piperazine rings is 2. The Kier molecular flexibility index (Phi) is 21.6. The van der Waals surface area contributed by atoms with Crippen LogP contribution in [-0.4, -0.2) is 145 Å². The molecule has 108 heavy (non-hydrogen) atoms. The Morgan fingerprint density at radius 2 is 0.935 bits per heavy atom. The lowest BCUT2D eigenvalue weighted by molar-refractivity contribution is -0.133. The monoisotopic (exact) mass is 1470 g/mol. The molecule has 2 saturated heterocycles. The molecule has 0 bridgehead atoms. The molecule has 10 aliphatic rings. The highest BCUT2D eigenvalue weighted by molar-refractivity contribution is 5.97. The first-order valence-corrected chi connectivity index (χ1v) is 40.0. The molecule has 16 rings (SSSR count). The lowest BCUT2D eigenvalue weighted by atomic mass is 9.53. The molecule has 2 aromatic heterocycles. The number of aromatic amines is 2. The number of nitrogens with one attached hydrogen (secondary N) is 2. The number of carbonyl (C=O) groups is 7. The number of unbranched alkanes of at least 4 members (excludes halogenated alkanes) is 4. The zero-order valence-corrected chi connectivity index (χ0v) is 62.4. The number of Topliss-reactive ketones (excluding diaryl/α,β-unsaturated/α-hetero) is 1. The number of H-pyrrole nitrogens is 2. The molecule has 0 unspecified atom stereocenters. The zero-order valence-electron chi connectivity index (χ0n) is 62.4. The topological polar surface area (TPSA) is 244 Å². The number of benzene rings is 4. The Morgan fingerprint density at radius 1 is 0.491 bits per heavy atom. The Hall–Kier alpha value is -9.17. The predicted molar refractivity (Wildman–Crippen MR) is 407 cm³/mol. The third kappa shape index (κ3) is 14.8. The summed E-state index contributed by atoms with van der Waals surface area (Å²) in [5.41, 5.74) is 10.4. The molecule has 6 fully saturated rings. The van der Waals surface area contributed by atoms with Crippen molar-refractivity contribution in [2.75, 3.05) is 52.4 Å². The van der Waals surface area contributed by atoms with Crippen molar-refractivity contribution in [1.29, 1.82) is 0 Å². The first kappa shape index (κ1) is 74.3. The van der Waals surface area contributed by atoms with Crippen LogP contribution in [0.25, 0.3) is 21.5 Å². The van der Waals surface area contributed by atoms with Crippen molar-refractivity contribution < 1.29 is 47.4 Å². The van der Waals surface area contributed by atoms with E-state index in [1.54, 1.807) is 69.5 Å². The lowest BCUT2D eigenvalue weighted by Gasteiger charge is -2.52. The van der Waals surface area contributed by atoms with Gasteiger partial charge in [-0.15, -0.1) is 0 Å². The first-order chi connectivity index (χ1) is 52.2. The average molecular weight is 1470 g/mol. The van der Waals surface area contributed by atoms with Crippen molar-refractivity contribution in [2.45, 2.75) is 187 Å². The number of fused-ring (bicyclic) bond motifs is 10. The number of nitrogens with zero attached hydrogens (tertiary/aromatic N) is 6. The fourth-order valence-electron chi connectivity index (χ4n) is 21.3. The fourth-order valence-corrected chi connectivity index (χ4v) is 21.3. The van der Waals surface area contributed by atoms with E-state index in [1.807, 2.05) is 46.2 Å². The van der Waals surface area contributed by atoms with E-state index in [-0.39, 0.29) is 62.6 Å². The largest absolute Gasteiger partial charge is 0.393 e. The maximum absolute atomic E-state index is 15.0.